The second-order valence-electron chi connectivity index (χ2n) is 6.54. The van der Waals surface area contributed by atoms with Gasteiger partial charge in [0.1, 0.15) is 22.5 Å². The van der Waals surface area contributed by atoms with Gasteiger partial charge >= 0.3 is 0 Å². The van der Waals surface area contributed by atoms with Crippen LogP contribution >= 0.6 is 11.8 Å². The van der Waals surface area contributed by atoms with Crippen molar-refractivity contribution in [1.29, 1.82) is 0 Å². The number of thioether (sulfide) groups is 1. The lowest BCUT2D eigenvalue weighted by Crippen LogP contribution is -2.26. The van der Waals surface area contributed by atoms with E-state index in [4.69, 9.17) is 14.1 Å². The maximum atomic E-state index is 13.0. The van der Waals surface area contributed by atoms with Crippen LogP contribution in [0.25, 0.3) is 21.9 Å². The van der Waals surface area contributed by atoms with E-state index >= 15 is 0 Å². The number of nitrogens with one attached hydrogen (secondary N) is 1. The third-order valence-electron chi connectivity index (χ3n) is 4.75. The number of hydrogen-bond acceptors (Lipinski definition) is 6. The Kier molecular flexibility index (Phi) is 5.06. The molecule has 9 heteroatoms. The fraction of sp³-hybridized carbons (Fsp3) is 0.250. The standard InChI is InChI=1S/C20H20N4O4S/c1-23-15-7-6-12(27-3)9-14(15)17-18(23)19(26)24(2)20(22-17)29-11-16(25)21-10-13-5-4-8-28-13/h4-9H,10-11H2,1-3H3,(H,21,25). The molecule has 1 N–H and O–H groups in total. The average Bonchev–Trinajstić information content (AvgIpc) is 3.34. The molecule has 4 aromatic rings. The second-order valence-corrected chi connectivity index (χ2v) is 7.49. The van der Waals surface area contributed by atoms with Gasteiger partial charge in [-0.3, -0.25) is 14.2 Å². The first-order chi connectivity index (χ1) is 14.0. The summed E-state index contributed by atoms with van der Waals surface area (Å²) in [4.78, 5) is 29.8. The number of carbonyl (C=O) groups is 1. The number of furan rings is 1. The van der Waals surface area contributed by atoms with Gasteiger partial charge in [-0.05, 0) is 30.3 Å². The molecule has 8 nitrogen and oxygen atoms in total. The van der Waals surface area contributed by atoms with Gasteiger partial charge in [0.2, 0.25) is 5.91 Å². The van der Waals surface area contributed by atoms with Crippen molar-refractivity contribution < 1.29 is 13.9 Å². The highest BCUT2D eigenvalue weighted by molar-refractivity contribution is 7.99. The number of amides is 1. The van der Waals surface area contributed by atoms with Crippen LogP contribution in [0.4, 0.5) is 0 Å². The van der Waals surface area contributed by atoms with Crippen molar-refractivity contribution in [3.05, 3.63) is 52.7 Å². The highest BCUT2D eigenvalue weighted by atomic mass is 32.2. The summed E-state index contributed by atoms with van der Waals surface area (Å²) in [6.07, 6.45) is 1.56. The van der Waals surface area contributed by atoms with Crippen molar-refractivity contribution in [2.75, 3.05) is 12.9 Å². The fourth-order valence-corrected chi connectivity index (χ4v) is 4.01. The molecule has 150 valence electrons. The lowest BCUT2D eigenvalue weighted by Gasteiger charge is -2.08. The minimum atomic E-state index is -0.166. The summed E-state index contributed by atoms with van der Waals surface area (Å²) in [5.74, 6) is 1.35. The minimum absolute atomic E-state index is 0.139. The number of carbonyl (C=O) groups excluding carboxylic acids is 1. The third-order valence-corrected chi connectivity index (χ3v) is 5.78. The molecule has 0 fully saturated rings. The van der Waals surface area contributed by atoms with Crippen LogP contribution in [0.1, 0.15) is 5.76 Å². The first-order valence-corrected chi connectivity index (χ1v) is 9.93. The predicted molar refractivity (Wildman–Crippen MR) is 111 cm³/mol. The topological polar surface area (TPSA) is 91.3 Å². The van der Waals surface area contributed by atoms with Crippen molar-refractivity contribution in [2.24, 2.45) is 14.1 Å². The monoisotopic (exact) mass is 412 g/mol. The van der Waals surface area contributed by atoms with Crippen LogP contribution in [0.5, 0.6) is 5.75 Å². The molecule has 1 aromatic carbocycles. The molecule has 1 amide bonds. The van der Waals surface area contributed by atoms with Gasteiger partial charge in [0, 0.05) is 19.5 Å². The number of methoxy groups -OCH3 is 1. The summed E-state index contributed by atoms with van der Waals surface area (Å²) in [5, 5.41) is 4.10. The van der Waals surface area contributed by atoms with Crippen LogP contribution in [0, 0.1) is 0 Å². The molecule has 0 unspecified atom stereocenters. The number of rotatable bonds is 6. The summed E-state index contributed by atoms with van der Waals surface area (Å²) in [7, 11) is 5.10. The largest absolute Gasteiger partial charge is 0.497 e. The molecule has 0 aliphatic rings. The molecule has 0 saturated carbocycles. The Hall–Kier alpha value is -3.20. The Morgan fingerprint density at radius 3 is 2.83 bits per heavy atom. The first-order valence-electron chi connectivity index (χ1n) is 8.94. The molecule has 0 aliphatic heterocycles. The molecule has 0 spiro atoms. The van der Waals surface area contributed by atoms with Gasteiger partial charge in [-0.25, -0.2) is 4.98 Å². The van der Waals surface area contributed by atoms with Crippen molar-refractivity contribution >= 4 is 39.6 Å². The van der Waals surface area contributed by atoms with Crippen molar-refractivity contribution in [2.45, 2.75) is 11.7 Å². The fourth-order valence-electron chi connectivity index (χ4n) is 3.21. The van der Waals surface area contributed by atoms with Crippen LogP contribution in [0.15, 0.2) is 51.0 Å². The zero-order valence-electron chi connectivity index (χ0n) is 16.3. The molecule has 3 aromatic heterocycles. The molecular weight excluding hydrogens is 392 g/mol. The Bertz CT molecular complexity index is 1260. The van der Waals surface area contributed by atoms with Crippen LogP contribution in [-0.4, -0.2) is 32.9 Å². The molecule has 3 heterocycles. The maximum Gasteiger partial charge on any atom is 0.278 e. The highest BCUT2D eigenvalue weighted by Crippen LogP contribution is 2.29. The Balaban J connectivity index is 1.64. The van der Waals surface area contributed by atoms with E-state index < -0.39 is 0 Å². The number of ether oxygens (including phenoxy) is 1. The molecular formula is C20H20N4O4S. The van der Waals surface area contributed by atoms with Gasteiger partial charge in [-0.15, -0.1) is 0 Å². The quantitative estimate of drug-likeness (QED) is 0.386. The van der Waals surface area contributed by atoms with E-state index in [-0.39, 0.29) is 17.2 Å². The lowest BCUT2D eigenvalue weighted by atomic mass is 10.2. The maximum absolute atomic E-state index is 13.0. The van der Waals surface area contributed by atoms with Crippen LogP contribution < -0.4 is 15.6 Å². The molecule has 0 bridgehead atoms. The van der Waals surface area contributed by atoms with E-state index in [0.29, 0.717) is 34.2 Å². The summed E-state index contributed by atoms with van der Waals surface area (Å²) in [5.41, 5.74) is 1.85. The Morgan fingerprint density at radius 1 is 1.28 bits per heavy atom. The minimum Gasteiger partial charge on any atom is -0.497 e. The smallest absolute Gasteiger partial charge is 0.278 e. The zero-order chi connectivity index (χ0) is 20.5. The van der Waals surface area contributed by atoms with E-state index in [2.05, 4.69) is 5.32 Å². The van der Waals surface area contributed by atoms with Gasteiger partial charge in [0.15, 0.2) is 5.16 Å². The molecule has 4 rings (SSSR count). The van der Waals surface area contributed by atoms with Gasteiger partial charge in [-0.2, -0.15) is 0 Å². The number of benzene rings is 1. The van der Waals surface area contributed by atoms with Gasteiger partial charge in [0.05, 0.1) is 31.2 Å². The number of aromatic nitrogens is 3. The first kappa shape index (κ1) is 19.1. The summed E-state index contributed by atoms with van der Waals surface area (Å²) in [6.45, 7) is 0.320. The van der Waals surface area contributed by atoms with E-state index in [1.165, 1.54) is 16.3 Å². The third kappa shape index (κ3) is 3.49. The Morgan fingerprint density at radius 2 is 2.10 bits per heavy atom. The second kappa shape index (κ2) is 7.67. The molecule has 0 atom stereocenters. The van der Waals surface area contributed by atoms with Gasteiger partial charge < -0.3 is 19.0 Å². The summed E-state index contributed by atoms with van der Waals surface area (Å²) in [6, 6.07) is 9.19. The number of nitrogens with zero attached hydrogens (tertiary/aromatic N) is 3. The SMILES string of the molecule is COc1ccc2c(c1)c1nc(SCC(=O)NCc3ccco3)n(C)c(=O)c1n2C. The number of hydrogen-bond donors (Lipinski definition) is 1. The summed E-state index contributed by atoms with van der Waals surface area (Å²) >= 11 is 1.22. The summed E-state index contributed by atoms with van der Waals surface area (Å²) < 4.78 is 13.8. The van der Waals surface area contributed by atoms with E-state index in [1.54, 1.807) is 32.6 Å². The van der Waals surface area contributed by atoms with Gasteiger partial charge in [-0.1, -0.05) is 11.8 Å². The molecule has 29 heavy (non-hydrogen) atoms. The molecule has 0 radical (unpaired) electrons. The molecule has 0 saturated heterocycles. The predicted octanol–water partition coefficient (Wildman–Crippen LogP) is 2.44. The average molecular weight is 412 g/mol. The normalized spacial score (nSPS) is 11.3. The van der Waals surface area contributed by atoms with E-state index in [0.717, 1.165) is 10.9 Å². The van der Waals surface area contributed by atoms with Crippen molar-refractivity contribution in [3.8, 4) is 5.75 Å². The van der Waals surface area contributed by atoms with Crippen molar-refractivity contribution in [1.82, 2.24) is 19.4 Å². The lowest BCUT2D eigenvalue weighted by molar-refractivity contribution is -0.118. The van der Waals surface area contributed by atoms with Crippen LogP contribution in [0.2, 0.25) is 0 Å². The van der Waals surface area contributed by atoms with Crippen molar-refractivity contribution in [3.63, 3.8) is 0 Å². The number of aryl methyl sites for hydroxylation is 1. The zero-order valence-corrected chi connectivity index (χ0v) is 17.1. The van der Waals surface area contributed by atoms with Crippen LogP contribution in [-0.2, 0) is 25.4 Å². The van der Waals surface area contributed by atoms with Gasteiger partial charge in [0.25, 0.3) is 5.56 Å². The highest BCUT2D eigenvalue weighted by Gasteiger charge is 2.18. The number of fused-ring (bicyclic) bond motifs is 3. The molecule has 0 aliphatic carbocycles. The van der Waals surface area contributed by atoms with Crippen LogP contribution in [0.3, 0.4) is 0 Å². The van der Waals surface area contributed by atoms with E-state index in [9.17, 15) is 9.59 Å². The van der Waals surface area contributed by atoms with E-state index in [1.807, 2.05) is 29.8 Å². The Labute approximate surface area is 170 Å².